The van der Waals surface area contributed by atoms with Crippen LogP contribution in [-0.2, 0) is 27.9 Å². The molecule has 0 fully saturated rings. The van der Waals surface area contributed by atoms with Crippen LogP contribution in [-0.4, -0.2) is 49.9 Å². The minimum atomic E-state index is -4.28. The van der Waals surface area contributed by atoms with Gasteiger partial charge < -0.3 is 20.1 Å². The molecule has 0 heterocycles. The van der Waals surface area contributed by atoms with E-state index in [-0.39, 0.29) is 32.3 Å². The second-order valence-corrected chi connectivity index (χ2v) is 20.3. The average Bonchev–Trinajstić information content (AvgIpc) is 3.26. The normalized spacial score (nSPS) is 13.2. The lowest BCUT2D eigenvalue weighted by molar-refractivity contribution is -0.154. The number of phosphoric ester groups is 1. The molecule has 0 saturated heterocycles. The highest BCUT2D eigenvalue weighted by atomic mass is 31.2. The second-order valence-electron chi connectivity index (χ2n) is 18.8. The first kappa shape index (κ1) is 61.5. The van der Waals surface area contributed by atoms with Gasteiger partial charge in [-0.2, -0.15) is 0 Å². The van der Waals surface area contributed by atoms with Crippen LogP contribution in [0.1, 0.15) is 296 Å². The van der Waals surface area contributed by atoms with Crippen molar-refractivity contribution in [2.45, 2.75) is 302 Å². The van der Waals surface area contributed by atoms with Crippen LogP contribution >= 0.6 is 7.82 Å². The molecule has 0 aromatic carbocycles. The number of hydrogen-bond donors (Lipinski definition) is 2. The molecule has 0 aromatic rings. The number of carbonyl (C=O) groups excluding carboxylic acids is 1. The SMILES string of the molecule is CCCCCCCCCCCCCCCCCCCCCCCCCCCC(=O)OC(COCCCCCCCCCCCCCCCCCCCC)COP(=O)(O)OCCN. The molecule has 372 valence electrons. The maximum absolute atomic E-state index is 12.7. The first-order valence-electron chi connectivity index (χ1n) is 27.5. The minimum Gasteiger partial charge on any atom is -0.457 e. The van der Waals surface area contributed by atoms with E-state index in [1.807, 2.05) is 0 Å². The van der Waals surface area contributed by atoms with Crippen molar-refractivity contribution in [1.29, 1.82) is 0 Å². The van der Waals surface area contributed by atoms with Crippen molar-refractivity contribution in [2.24, 2.45) is 5.73 Å². The summed E-state index contributed by atoms with van der Waals surface area (Å²) in [7, 11) is -4.28. The van der Waals surface area contributed by atoms with E-state index in [1.54, 1.807) is 0 Å². The Kier molecular flexibility index (Phi) is 51.1. The van der Waals surface area contributed by atoms with E-state index in [4.69, 9.17) is 24.3 Å². The van der Waals surface area contributed by atoms with E-state index in [9.17, 15) is 14.3 Å². The predicted octanol–water partition coefficient (Wildman–Crippen LogP) is 17.2. The molecule has 0 saturated carbocycles. The van der Waals surface area contributed by atoms with Crippen LogP contribution in [0.2, 0.25) is 0 Å². The molecule has 0 aromatic heterocycles. The number of ether oxygens (including phenoxy) is 2. The van der Waals surface area contributed by atoms with Gasteiger partial charge in [-0.3, -0.25) is 13.8 Å². The van der Waals surface area contributed by atoms with Crippen LogP contribution in [0.25, 0.3) is 0 Å². The number of esters is 1. The van der Waals surface area contributed by atoms with Crippen LogP contribution in [0.4, 0.5) is 0 Å². The molecule has 3 N–H and O–H groups in total. The van der Waals surface area contributed by atoms with Crippen molar-refractivity contribution in [2.75, 3.05) is 33.0 Å². The number of hydrogen-bond acceptors (Lipinski definition) is 7. The lowest BCUT2D eigenvalue weighted by Crippen LogP contribution is -2.28. The number of nitrogens with two attached hydrogens (primary N) is 1. The zero-order chi connectivity index (χ0) is 45.1. The van der Waals surface area contributed by atoms with Crippen molar-refractivity contribution in [3.63, 3.8) is 0 Å². The fourth-order valence-corrected chi connectivity index (χ4v) is 9.24. The Bertz CT molecular complexity index is 924. The summed E-state index contributed by atoms with van der Waals surface area (Å²) in [4.78, 5) is 22.6. The number of unbranched alkanes of at least 4 members (excludes halogenated alkanes) is 41. The van der Waals surface area contributed by atoms with Crippen molar-refractivity contribution < 1.29 is 32.8 Å². The number of phosphoric acid groups is 1. The molecule has 0 spiro atoms. The molecule has 0 amide bonds. The lowest BCUT2D eigenvalue weighted by atomic mass is 10.0. The Morgan fingerprint density at radius 3 is 1.02 bits per heavy atom. The Labute approximate surface area is 386 Å². The van der Waals surface area contributed by atoms with Crippen LogP contribution in [0.15, 0.2) is 0 Å². The summed E-state index contributed by atoms with van der Waals surface area (Å²) >= 11 is 0. The largest absolute Gasteiger partial charge is 0.472 e. The topological polar surface area (TPSA) is 117 Å². The van der Waals surface area contributed by atoms with E-state index in [0.717, 1.165) is 32.1 Å². The van der Waals surface area contributed by atoms with E-state index >= 15 is 0 Å². The lowest BCUT2D eigenvalue weighted by Gasteiger charge is -2.20. The molecule has 0 rings (SSSR count). The molecule has 2 atom stereocenters. The quantitative estimate of drug-likeness (QED) is 0.0352. The second kappa shape index (κ2) is 51.5. The minimum absolute atomic E-state index is 0.0896. The summed E-state index contributed by atoms with van der Waals surface area (Å²) in [5.74, 6) is -0.319. The Morgan fingerprint density at radius 2 is 0.710 bits per heavy atom. The molecular formula is C53H108NO7P. The van der Waals surface area contributed by atoms with Crippen LogP contribution < -0.4 is 5.73 Å². The van der Waals surface area contributed by atoms with Crippen LogP contribution in [0.5, 0.6) is 0 Å². The molecule has 2 unspecified atom stereocenters. The third kappa shape index (κ3) is 50.5. The fourth-order valence-electron chi connectivity index (χ4n) is 8.47. The number of rotatable bonds is 54. The summed E-state index contributed by atoms with van der Waals surface area (Å²) in [6.45, 7) is 5.02. The molecule has 0 aliphatic rings. The van der Waals surface area contributed by atoms with E-state index < -0.39 is 13.9 Å². The summed E-state index contributed by atoms with van der Waals surface area (Å²) in [5.41, 5.74) is 5.40. The van der Waals surface area contributed by atoms with Gasteiger partial charge in [-0.15, -0.1) is 0 Å². The zero-order valence-electron chi connectivity index (χ0n) is 41.6. The highest BCUT2D eigenvalue weighted by Crippen LogP contribution is 2.43. The van der Waals surface area contributed by atoms with Gasteiger partial charge in [0.25, 0.3) is 0 Å². The van der Waals surface area contributed by atoms with Crippen molar-refractivity contribution in [3.8, 4) is 0 Å². The van der Waals surface area contributed by atoms with Crippen molar-refractivity contribution >= 4 is 13.8 Å². The first-order valence-corrected chi connectivity index (χ1v) is 29.0. The summed E-state index contributed by atoms with van der Waals surface area (Å²) in [5, 5.41) is 0. The van der Waals surface area contributed by atoms with Gasteiger partial charge in [-0.25, -0.2) is 4.57 Å². The Balaban J connectivity index is 3.82. The summed E-state index contributed by atoms with van der Waals surface area (Å²) in [6, 6.07) is 0. The maximum Gasteiger partial charge on any atom is 0.472 e. The summed E-state index contributed by atoms with van der Waals surface area (Å²) in [6.07, 6.45) is 57.2. The number of carbonyl (C=O) groups is 1. The van der Waals surface area contributed by atoms with Gasteiger partial charge in [-0.1, -0.05) is 277 Å². The van der Waals surface area contributed by atoms with E-state index in [1.165, 1.54) is 244 Å². The van der Waals surface area contributed by atoms with Crippen molar-refractivity contribution in [1.82, 2.24) is 0 Å². The maximum atomic E-state index is 12.7. The molecule has 62 heavy (non-hydrogen) atoms. The van der Waals surface area contributed by atoms with Crippen LogP contribution in [0.3, 0.4) is 0 Å². The molecule has 0 radical (unpaired) electrons. The highest BCUT2D eigenvalue weighted by molar-refractivity contribution is 7.47. The molecule has 0 aliphatic heterocycles. The molecule has 0 aliphatic carbocycles. The Morgan fingerprint density at radius 1 is 0.419 bits per heavy atom. The molecular weight excluding hydrogens is 794 g/mol. The third-order valence-corrected chi connectivity index (χ3v) is 13.5. The highest BCUT2D eigenvalue weighted by Gasteiger charge is 2.25. The smallest absolute Gasteiger partial charge is 0.457 e. The third-order valence-electron chi connectivity index (χ3n) is 12.5. The predicted molar refractivity (Wildman–Crippen MR) is 266 cm³/mol. The van der Waals surface area contributed by atoms with Gasteiger partial charge in [0.1, 0.15) is 6.10 Å². The van der Waals surface area contributed by atoms with Gasteiger partial charge in [0.2, 0.25) is 0 Å². The standard InChI is InChI=1S/C53H108NO7P/c1-3-5-7-9-11-13-15-17-19-21-23-24-25-26-27-28-29-30-32-34-36-38-40-42-44-46-53(55)61-52(51-60-62(56,57)59-49-47-54)50-58-48-45-43-41-39-37-35-33-31-22-20-18-16-14-12-10-8-6-4-2/h52H,3-51,54H2,1-2H3,(H,56,57). The van der Waals surface area contributed by atoms with Crippen molar-refractivity contribution in [3.05, 3.63) is 0 Å². The Hall–Kier alpha value is -0.500. The van der Waals surface area contributed by atoms with Crippen LogP contribution in [0, 0.1) is 0 Å². The molecule has 9 heteroatoms. The van der Waals surface area contributed by atoms with Gasteiger partial charge in [0.15, 0.2) is 0 Å². The van der Waals surface area contributed by atoms with Gasteiger partial charge in [0, 0.05) is 19.6 Å². The van der Waals surface area contributed by atoms with E-state index in [0.29, 0.717) is 13.0 Å². The average molecular weight is 902 g/mol. The van der Waals surface area contributed by atoms with Gasteiger partial charge >= 0.3 is 13.8 Å². The zero-order valence-corrected chi connectivity index (χ0v) is 42.5. The van der Waals surface area contributed by atoms with E-state index in [2.05, 4.69) is 13.8 Å². The first-order chi connectivity index (χ1) is 30.4. The summed E-state index contributed by atoms with van der Waals surface area (Å²) < 4.78 is 33.6. The molecule has 0 bridgehead atoms. The monoisotopic (exact) mass is 902 g/mol. The van der Waals surface area contributed by atoms with Gasteiger partial charge in [-0.05, 0) is 12.8 Å². The van der Waals surface area contributed by atoms with Gasteiger partial charge in [0.05, 0.1) is 19.8 Å². The fraction of sp³-hybridized carbons (Fsp3) is 0.981. The molecule has 8 nitrogen and oxygen atoms in total.